The Hall–Kier alpha value is -4.11. The van der Waals surface area contributed by atoms with E-state index in [1.54, 1.807) is 11.6 Å². The van der Waals surface area contributed by atoms with E-state index in [0.29, 0.717) is 23.5 Å². The molecule has 3 amide bonds. The summed E-state index contributed by atoms with van der Waals surface area (Å²) < 4.78 is 85.0. The number of rotatable bonds is 3. The molecule has 2 aliphatic heterocycles. The van der Waals surface area contributed by atoms with Gasteiger partial charge in [-0.1, -0.05) is 0 Å². The Kier molecular flexibility index (Phi) is 5.83. The Bertz CT molecular complexity index is 1370. The lowest BCUT2D eigenvalue weighted by molar-refractivity contribution is -0.157. The van der Waals surface area contributed by atoms with Crippen LogP contribution in [0.2, 0.25) is 0 Å². The number of halogens is 6. The summed E-state index contributed by atoms with van der Waals surface area (Å²) in [7, 11) is 0. The van der Waals surface area contributed by atoms with Gasteiger partial charge < -0.3 is 19.5 Å². The summed E-state index contributed by atoms with van der Waals surface area (Å²) in [4.78, 5) is 28.3. The number of carbonyl (C=O) groups is 2. The summed E-state index contributed by atoms with van der Waals surface area (Å²) in [6.45, 7) is 1.83. The van der Waals surface area contributed by atoms with E-state index < -0.39 is 53.4 Å². The lowest BCUT2D eigenvalue weighted by Crippen LogP contribution is -2.47. The number of alkyl halides is 3. The van der Waals surface area contributed by atoms with E-state index >= 15 is 0 Å². The van der Waals surface area contributed by atoms with Crippen LogP contribution < -0.4 is 10.2 Å². The quantitative estimate of drug-likeness (QED) is 0.406. The highest BCUT2D eigenvalue weighted by molar-refractivity contribution is 5.97. The van der Waals surface area contributed by atoms with Gasteiger partial charge in [0.25, 0.3) is 0 Å². The van der Waals surface area contributed by atoms with E-state index in [-0.39, 0.29) is 39.1 Å². The highest BCUT2D eigenvalue weighted by atomic mass is 19.4. The van der Waals surface area contributed by atoms with Crippen LogP contribution in [-0.4, -0.2) is 49.4 Å². The number of amides is 3. The fourth-order valence-corrected chi connectivity index (χ4v) is 4.33. The molecule has 0 saturated carbocycles. The van der Waals surface area contributed by atoms with E-state index in [4.69, 9.17) is 4.42 Å². The number of nitrogens with one attached hydrogen (secondary N) is 1. The fourth-order valence-electron chi connectivity index (χ4n) is 4.33. The van der Waals surface area contributed by atoms with Gasteiger partial charge in [-0.15, -0.1) is 10.2 Å². The summed E-state index contributed by atoms with van der Waals surface area (Å²) in [5.74, 6) is -7.62. The van der Waals surface area contributed by atoms with Gasteiger partial charge in [0.05, 0.1) is 42.6 Å². The van der Waals surface area contributed by atoms with Crippen molar-refractivity contribution in [2.75, 3.05) is 16.8 Å². The van der Waals surface area contributed by atoms with Crippen molar-refractivity contribution in [1.29, 1.82) is 0 Å². The number of aromatic nitrogens is 4. The average molecular weight is 531 g/mol. The molecule has 0 spiro atoms. The summed E-state index contributed by atoms with van der Waals surface area (Å²) in [6.07, 6.45) is -3.58. The number of fused-ring (bicyclic) bond motifs is 1. The highest BCUT2D eigenvalue weighted by Crippen LogP contribution is 2.36. The van der Waals surface area contributed by atoms with Crippen molar-refractivity contribution in [2.45, 2.75) is 44.6 Å². The molecule has 16 heteroatoms. The maximum atomic E-state index is 13.5. The number of anilines is 2. The zero-order chi connectivity index (χ0) is 26.6. The second-order valence-corrected chi connectivity index (χ2v) is 8.67. The normalized spacial score (nSPS) is 19.9. The van der Waals surface area contributed by atoms with Crippen LogP contribution in [0.25, 0.3) is 0 Å². The first-order valence-electron chi connectivity index (χ1n) is 10.9. The molecule has 198 valence electrons. The maximum Gasteiger partial charge on any atom is 0.470 e. The molecule has 0 radical (unpaired) electrons. The molecule has 4 heterocycles. The van der Waals surface area contributed by atoms with Crippen LogP contribution in [0.4, 0.5) is 42.5 Å². The molecule has 1 fully saturated rings. The largest absolute Gasteiger partial charge is 0.470 e. The first kappa shape index (κ1) is 24.6. The van der Waals surface area contributed by atoms with Gasteiger partial charge in [-0.3, -0.25) is 9.48 Å². The molecular formula is C21H19F6N7O3. The van der Waals surface area contributed by atoms with Gasteiger partial charge >= 0.3 is 18.1 Å². The second kappa shape index (κ2) is 8.77. The number of urea groups is 1. The van der Waals surface area contributed by atoms with Gasteiger partial charge in [-0.25, -0.2) is 18.0 Å². The molecule has 0 aliphatic carbocycles. The molecule has 5 rings (SSSR count). The van der Waals surface area contributed by atoms with Crippen LogP contribution in [0.1, 0.15) is 38.2 Å². The van der Waals surface area contributed by atoms with Crippen molar-refractivity contribution in [3.05, 3.63) is 53.3 Å². The predicted molar refractivity (Wildman–Crippen MR) is 114 cm³/mol. The average Bonchev–Trinajstić information content (AvgIpc) is 3.54. The van der Waals surface area contributed by atoms with E-state index in [1.807, 2.05) is 0 Å². The summed E-state index contributed by atoms with van der Waals surface area (Å²) in [5, 5.41) is 13.0. The molecule has 2 atom stereocenters. The zero-order valence-corrected chi connectivity index (χ0v) is 18.9. The third kappa shape index (κ3) is 4.46. The van der Waals surface area contributed by atoms with Crippen LogP contribution >= 0.6 is 0 Å². The van der Waals surface area contributed by atoms with Crippen molar-refractivity contribution in [1.82, 2.24) is 24.9 Å². The van der Waals surface area contributed by atoms with Gasteiger partial charge in [0.1, 0.15) is 0 Å². The number of nitrogens with zero attached hydrogens (tertiary/aromatic N) is 6. The van der Waals surface area contributed by atoms with Crippen LogP contribution in [0.3, 0.4) is 0 Å². The molecule has 37 heavy (non-hydrogen) atoms. The Morgan fingerprint density at radius 1 is 1.16 bits per heavy atom. The lowest BCUT2D eigenvalue weighted by Gasteiger charge is -2.35. The fraction of sp³-hybridized carbons (Fsp3) is 0.381. The molecule has 1 N–H and O–H groups in total. The monoisotopic (exact) mass is 531 g/mol. The Morgan fingerprint density at radius 2 is 1.86 bits per heavy atom. The molecule has 0 bridgehead atoms. The minimum Gasteiger partial charge on any atom is -0.417 e. The summed E-state index contributed by atoms with van der Waals surface area (Å²) >= 11 is 0. The van der Waals surface area contributed by atoms with Crippen LogP contribution in [0.15, 0.2) is 22.7 Å². The minimum atomic E-state index is -4.81. The molecule has 1 unspecified atom stereocenters. The van der Waals surface area contributed by atoms with Gasteiger partial charge in [-0.05, 0) is 6.92 Å². The van der Waals surface area contributed by atoms with E-state index in [0.717, 1.165) is 0 Å². The highest BCUT2D eigenvalue weighted by Gasteiger charge is 2.42. The Balaban J connectivity index is 0.00000336. The standard InChI is InChI=1S/C21H17F6N7O3.H2/c1-9-6-34-15(8-32(9)20(36)29-11-3-12(22)17(24)13(23)4-11)14(5-28-34)33-7-10(2-16(33)35)18-30-31-19(37-18)21(25,26)27;/h3-5,9-10H,2,6-8H2,1H3,(H,29,36);1H/t9-,10?;/m0./s1. The summed E-state index contributed by atoms with van der Waals surface area (Å²) in [5.41, 5.74) is 0.509. The topological polar surface area (TPSA) is 109 Å². The van der Waals surface area contributed by atoms with Gasteiger partial charge in [0.15, 0.2) is 17.5 Å². The SMILES string of the molecule is C[C@H]1Cn2ncc(N3CC(c4nnc(C(F)(F)F)o4)CC3=O)c2CN1C(=O)Nc1cc(F)c(F)c(F)c1.[HH]. The van der Waals surface area contributed by atoms with Crippen molar-refractivity contribution >= 4 is 23.3 Å². The van der Waals surface area contributed by atoms with Gasteiger partial charge in [0.2, 0.25) is 11.8 Å². The number of hydrogen-bond acceptors (Lipinski definition) is 6. The third-order valence-electron chi connectivity index (χ3n) is 6.16. The van der Waals surface area contributed by atoms with Crippen LogP contribution in [0.5, 0.6) is 0 Å². The molecule has 3 aromatic rings. The van der Waals surface area contributed by atoms with E-state index in [9.17, 15) is 35.9 Å². The Morgan fingerprint density at radius 3 is 2.51 bits per heavy atom. The second-order valence-electron chi connectivity index (χ2n) is 8.67. The van der Waals surface area contributed by atoms with Crippen LogP contribution in [0, 0.1) is 17.5 Å². The third-order valence-corrected chi connectivity index (χ3v) is 6.16. The van der Waals surface area contributed by atoms with Crippen molar-refractivity contribution in [3.8, 4) is 0 Å². The predicted octanol–water partition coefficient (Wildman–Crippen LogP) is 3.90. The van der Waals surface area contributed by atoms with E-state index in [1.165, 1.54) is 16.0 Å². The zero-order valence-electron chi connectivity index (χ0n) is 18.9. The first-order chi connectivity index (χ1) is 17.4. The smallest absolute Gasteiger partial charge is 0.417 e. The summed E-state index contributed by atoms with van der Waals surface area (Å²) in [6, 6.07) is 0.139. The van der Waals surface area contributed by atoms with E-state index in [2.05, 4.69) is 20.6 Å². The molecule has 1 saturated heterocycles. The van der Waals surface area contributed by atoms with Crippen molar-refractivity contribution < 1.29 is 41.8 Å². The lowest BCUT2D eigenvalue weighted by atomic mass is 10.1. The molecule has 1 aromatic carbocycles. The number of carbonyl (C=O) groups excluding carboxylic acids is 2. The van der Waals surface area contributed by atoms with Crippen molar-refractivity contribution in [3.63, 3.8) is 0 Å². The molecular weight excluding hydrogens is 512 g/mol. The first-order valence-corrected chi connectivity index (χ1v) is 10.9. The minimum absolute atomic E-state index is 0. The molecule has 10 nitrogen and oxygen atoms in total. The van der Waals surface area contributed by atoms with Crippen molar-refractivity contribution in [2.24, 2.45) is 0 Å². The molecule has 2 aromatic heterocycles. The Labute approximate surface area is 205 Å². The maximum absolute atomic E-state index is 13.5. The number of hydrogen-bond donors (Lipinski definition) is 1. The van der Waals surface area contributed by atoms with Gasteiger partial charge in [0, 0.05) is 32.2 Å². The van der Waals surface area contributed by atoms with Gasteiger partial charge in [-0.2, -0.15) is 18.3 Å². The molecule has 2 aliphatic rings. The van der Waals surface area contributed by atoms with Crippen LogP contribution in [-0.2, 0) is 24.1 Å². The number of benzene rings is 1.